The van der Waals surface area contributed by atoms with E-state index in [4.69, 9.17) is 9.15 Å². The van der Waals surface area contributed by atoms with Crippen molar-refractivity contribution < 1.29 is 13.9 Å². The van der Waals surface area contributed by atoms with Crippen molar-refractivity contribution in [3.8, 4) is 0 Å². The summed E-state index contributed by atoms with van der Waals surface area (Å²) >= 11 is 0. The van der Waals surface area contributed by atoms with Gasteiger partial charge in [0.15, 0.2) is 0 Å². The van der Waals surface area contributed by atoms with Crippen LogP contribution in [-0.2, 0) is 16.1 Å². The number of ether oxygens (including phenoxy) is 1. The first-order valence-corrected chi connectivity index (χ1v) is 4.98. The maximum atomic E-state index is 11.6. The molecule has 1 aromatic heterocycles. The van der Waals surface area contributed by atoms with Gasteiger partial charge in [0.1, 0.15) is 11.9 Å². The number of carbonyl (C=O) groups excluding carboxylic acids is 1. The minimum absolute atomic E-state index is 0. The molecule has 0 radical (unpaired) electrons. The van der Waals surface area contributed by atoms with Gasteiger partial charge in [0.2, 0.25) is 0 Å². The fourth-order valence-corrected chi connectivity index (χ4v) is 1.44. The van der Waals surface area contributed by atoms with Crippen LogP contribution in [0.15, 0.2) is 22.8 Å². The Kier molecular flexibility index (Phi) is 5.31. The maximum absolute atomic E-state index is 11.6. The predicted molar refractivity (Wildman–Crippen MR) is 60.4 cm³/mol. The minimum atomic E-state index is -0.381. The van der Waals surface area contributed by atoms with Gasteiger partial charge in [0.25, 0.3) is 5.91 Å². The topological polar surface area (TPSA) is 63.5 Å². The summed E-state index contributed by atoms with van der Waals surface area (Å²) in [5, 5.41) is 5.86. The first-order chi connectivity index (χ1) is 7.36. The normalized spacial score (nSPS) is 19.9. The van der Waals surface area contributed by atoms with E-state index < -0.39 is 0 Å². The Hall–Kier alpha value is -1.04. The van der Waals surface area contributed by atoms with Crippen LogP contribution in [0.3, 0.4) is 0 Å². The van der Waals surface area contributed by atoms with Gasteiger partial charge in [-0.3, -0.25) is 4.79 Å². The zero-order chi connectivity index (χ0) is 10.5. The van der Waals surface area contributed by atoms with Gasteiger partial charge in [-0.2, -0.15) is 0 Å². The van der Waals surface area contributed by atoms with Gasteiger partial charge >= 0.3 is 0 Å². The first-order valence-electron chi connectivity index (χ1n) is 4.98. The number of amides is 1. The van der Waals surface area contributed by atoms with Crippen molar-refractivity contribution in [3.63, 3.8) is 0 Å². The summed E-state index contributed by atoms with van der Waals surface area (Å²) in [6.07, 6.45) is 1.20. The van der Waals surface area contributed by atoms with Crippen LogP contribution in [0.1, 0.15) is 5.76 Å². The number of morpholine rings is 1. The molecule has 0 spiro atoms. The molecule has 0 saturated carbocycles. The smallest absolute Gasteiger partial charge is 0.250 e. The molecule has 6 heteroatoms. The number of hydrogen-bond donors (Lipinski definition) is 2. The lowest BCUT2D eigenvalue weighted by Gasteiger charge is -2.22. The highest BCUT2D eigenvalue weighted by Crippen LogP contribution is 2.00. The fraction of sp³-hybridized carbons (Fsp3) is 0.500. The van der Waals surface area contributed by atoms with Crippen LogP contribution in [0.2, 0.25) is 0 Å². The summed E-state index contributed by atoms with van der Waals surface area (Å²) in [4.78, 5) is 11.6. The van der Waals surface area contributed by atoms with E-state index in [0.717, 1.165) is 12.3 Å². The average Bonchev–Trinajstić information content (AvgIpc) is 2.80. The van der Waals surface area contributed by atoms with Crippen molar-refractivity contribution in [3.05, 3.63) is 24.2 Å². The van der Waals surface area contributed by atoms with E-state index in [1.165, 1.54) is 0 Å². The van der Waals surface area contributed by atoms with Crippen molar-refractivity contribution in [2.45, 2.75) is 12.6 Å². The van der Waals surface area contributed by atoms with Gasteiger partial charge < -0.3 is 19.8 Å². The number of halogens is 1. The number of nitrogens with one attached hydrogen (secondary N) is 2. The van der Waals surface area contributed by atoms with E-state index in [-0.39, 0.29) is 24.4 Å². The molecule has 0 aromatic carbocycles. The molecule has 1 saturated heterocycles. The molecule has 1 atom stereocenters. The van der Waals surface area contributed by atoms with E-state index in [2.05, 4.69) is 10.6 Å². The van der Waals surface area contributed by atoms with Crippen molar-refractivity contribution in [2.75, 3.05) is 19.7 Å². The number of carbonyl (C=O) groups is 1. The number of hydrogen-bond acceptors (Lipinski definition) is 4. The van der Waals surface area contributed by atoms with E-state index in [0.29, 0.717) is 19.7 Å². The fourth-order valence-electron chi connectivity index (χ4n) is 1.44. The molecule has 2 heterocycles. The molecule has 1 fully saturated rings. The minimum Gasteiger partial charge on any atom is -0.467 e. The second kappa shape index (κ2) is 6.52. The molecule has 1 unspecified atom stereocenters. The Labute approximate surface area is 99.9 Å². The van der Waals surface area contributed by atoms with Crippen LogP contribution in [0.25, 0.3) is 0 Å². The van der Waals surface area contributed by atoms with Gasteiger partial charge in [0.05, 0.1) is 19.4 Å². The molecule has 2 N–H and O–H groups in total. The Morgan fingerprint density at radius 2 is 2.50 bits per heavy atom. The summed E-state index contributed by atoms with van der Waals surface area (Å²) < 4.78 is 10.4. The monoisotopic (exact) mass is 246 g/mol. The Bertz CT molecular complexity index is 310. The van der Waals surface area contributed by atoms with E-state index in [9.17, 15) is 4.79 Å². The van der Waals surface area contributed by atoms with Gasteiger partial charge in [-0.05, 0) is 12.1 Å². The van der Waals surface area contributed by atoms with Gasteiger partial charge in [-0.25, -0.2) is 0 Å². The zero-order valence-electron chi connectivity index (χ0n) is 8.77. The third kappa shape index (κ3) is 3.52. The lowest BCUT2D eigenvalue weighted by atomic mass is 10.3. The third-order valence-electron chi connectivity index (χ3n) is 2.24. The molecule has 1 aromatic rings. The molecule has 1 aliphatic heterocycles. The molecule has 5 nitrogen and oxygen atoms in total. The average molecular weight is 247 g/mol. The molecule has 0 bridgehead atoms. The summed E-state index contributed by atoms with van der Waals surface area (Å²) in [5.74, 6) is 0.644. The highest BCUT2D eigenvalue weighted by atomic mass is 35.5. The highest BCUT2D eigenvalue weighted by molar-refractivity contribution is 5.85. The second-order valence-electron chi connectivity index (χ2n) is 3.36. The molecule has 1 amide bonds. The predicted octanol–water partition coefficient (Wildman–Crippen LogP) is 0.306. The third-order valence-corrected chi connectivity index (χ3v) is 2.24. The molecule has 0 aliphatic carbocycles. The van der Waals surface area contributed by atoms with E-state index in [1.807, 2.05) is 6.07 Å². The molecular weight excluding hydrogens is 232 g/mol. The van der Waals surface area contributed by atoms with Crippen molar-refractivity contribution in [1.29, 1.82) is 0 Å². The van der Waals surface area contributed by atoms with Crippen molar-refractivity contribution >= 4 is 18.3 Å². The van der Waals surface area contributed by atoms with Crippen molar-refractivity contribution in [1.82, 2.24) is 10.6 Å². The lowest BCUT2D eigenvalue weighted by molar-refractivity contribution is -0.134. The Morgan fingerprint density at radius 3 is 3.12 bits per heavy atom. The SMILES string of the molecule is Cl.O=C(NCc1ccco1)C1CNCCO1. The maximum Gasteiger partial charge on any atom is 0.250 e. The Morgan fingerprint density at radius 1 is 1.62 bits per heavy atom. The molecule has 90 valence electrons. The van der Waals surface area contributed by atoms with Crippen LogP contribution in [-0.4, -0.2) is 31.7 Å². The summed E-state index contributed by atoms with van der Waals surface area (Å²) in [5.41, 5.74) is 0. The van der Waals surface area contributed by atoms with Crippen LogP contribution >= 0.6 is 12.4 Å². The quantitative estimate of drug-likeness (QED) is 0.806. The molecule has 16 heavy (non-hydrogen) atoms. The largest absolute Gasteiger partial charge is 0.467 e. The van der Waals surface area contributed by atoms with Gasteiger partial charge in [-0.15, -0.1) is 12.4 Å². The standard InChI is InChI=1S/C10H14N2O3.ClH/c13-10(9-7-11-3-5-15-9)12-6-8-2-1-4-14-8;/h1-2,4,9,11H,3,5-7H2,(H,12,13);1H. The van der Waals surface area contributed by atoms with Crippen LogP contribution in [0, 0.1) is 0 Å². The number of furan rings is 1. The van der Waals surface area contributed by atoms with Crippen LogP contribution in [0.4, 0.5) is 0 Å². The summed E-state index contributed by atoms with van der Waals surface area (Å²) in [7, 11) is 0. The molecule has 2 rings (SSSR count). The van der Waals surface area contributed by atoms with Crippen LogP contribution < -0.4 is 10.6 Å². The number of rotatable bonds is 3. The zero-order valence-corrected chi connectivity index (χ0v) is 9.59. The van der Waals surface area contributed by atoms with E-state index >= 15 is 0 Å². The van der Waals surface area contributed by atoms with Crippen LogP contribution in [0.5, 0.6) is 0 Å². The summed E-state index contributed by atoms with van der Waals surface area (Å²) in [6, 6.07) is 3.61. The van der Waals surface area contributed by atoms with Crippen molar-refractivity contribution in [2.24, 2.45) is 0 Å². The van der Waals surface area contributed by atoms with E-state index in [1.54, 1.807) is 12.3 Å². The highest BCUT2D eigenvalue weighted by Gasteiger charge is 2.21. The lowest BCUT2D eigenvalue weighted by Crippen LogP contribution is -2.47. The Balaban J connectivity index is 0.00000128. The first kappa shape index (κ1) is 13.0. The molecular formula is C10H15ClN2O3. The summed E-state index contributed by atoms with van der Waals surface area (Å²) in [6.45, 7) is 2.37. The van der Waals surface area contributed by atoms with Gasteiger partial charge in [-0.1, -0.05) is 0 Å². The second-order valence-corrected chi connectivity index (χ2v) is 3.36. The van der Waals surface area contributed by atoms with Gasteiger partial charge in [0, 0.05) is 13.1 Å². The molecule has 1 aliphatic rings.